The summed E-state index contributed by atoms with van der Waals surface area (Å²) in [5.41, 5.74) is 1.48. The minimum atomic E-state index is -4.64. The molecule has 0 spiro atoms. The van der Waals surface area contributed by atoms with Gasteiger partial charge in [-0.25, -0.2) is 4.98 Å². The van der Waals surface area contributed by atoms with E-state index in [4.69, 9.17) is 4.74 Å². The van der Waals surface area contributed by atoms with Gasteiger partial charge in [0.1, 0.15) is 18.0 Å². The molecule has 43 heavy (non-hydrogen) atoms. The fourth-order valence-electron chi connectivity index (χ4n) is 5.80. The second kappa shape index (κ2) is 11.1. The summed E-state index contributed by atoms with van der Waals surface area (Å²) in [6, 6.07) is 6.11. The van der Waals surface area contributed by atoms with Gasteiger partial charge in [0, 0.05) is 50.8 Å². The summed E-state index contributed by atoms with van der Waals surface area (Å²) >= 11 is 0. The Balaban J connectivity index is 1.36. The molecule has 0 atom stereocenters. The van der Waals surface area contributed by atoms with Gasteiger partial charge in [-0.2, -0.15) is 18.3 Å². The van der Waals surface area contributed by atoms with Crippen LogP contribution in [0, 0.1) is 5.92 Å². The Bertz CT molecular complexity index is 1670. The number of benzene rings is 1. The second-order valence-corrected chi connectivity index (χ2v) is 11.1. The van der Waals surface area contributed by atoms with Crippen molar-refractivity contribution in [2.75, 3.05) is 43.5 Å². The summed E-state index contributed by atoms with van der Waals surface area (Å²) in [4.78, 5) is 21.8. The summed E-state index contributed by atoms with van der Waals surface area (Å²) < 4.78 is 52.0. The van der Waals surface area contributed by atoms with Crippen molar-refractivity contribution in [3.8, 4) is 22.6 Å². The molecule has 11 nitrogen and oxygen atoms in total. The van der Waals surface area contributed by atoms with Crippen LogP contribution in [-0.2, 0) is 38.2 Å². The third-order valence-corrected chi connectivity index (χ3v) is 7.78. The highest BCUT2D eigenvalue weighted by Gasteiger charge is 2.41. The summed E-state index contributed by atoms with van der Waals surface area (Å²) in [5.74, 6) is 1.09. The molecule has 3 aromatic heterocycles. The molecule has 1 N–H and O–H groups in total. The standard InChI is InChI=1S/C29H32F3N9O2/c1-5-33-24-8-19(26-21(10-35-40(26)4)27-37-34-16-39(27)3)9-25(36-24)41-13-22-20(28(41)42)6-17(7-23(22)29(30,31)32)14-43-15-18-11-38(2)12-18/h6-10,16,18H,5,11-15H2,1-4H3,(H,33,36). The number of hydrogen-bond acceptors (Lipinski definition) is 8. The van der Waals surface area contributed by atoms with E-state index in [-0.39, 0.29) is 30.1 Å². The predicted molar refractivity (Wildman–Crippen MR) is 153 cm³/mol. The number of carbonyl (C=O) groups is 1. The van der Waals surface area contributed by atoms with Crippen LogP contribution in [0.3, 0.4) is 0 Å². The van der Waals surface area contributed by atoms with Crippen LogP contribution in [-0.4, -0.2) is 73.6 Å². The molecule has 4 aromatic rings. The van der Waals surface area contributed by atoms with Crippen molar-refractivity contribution in [3.05, 3.63) is 59.0 Å². The first-order valence-corrected chi connectivity index (χ1v) is 14.0. The van der Waals surface area contributed by atoms with E-state index >= 15 is 0 Å². The van der Waals surface area contributed by atoms with Crippen LogP contribution in [0.1, 0.15) is 34.0 Å². The molecule has 2 aliphatic rings. The highest BCUT2D eigenvalue weighted by Crippen LogP contribution is 2.41. The summed E-state index contributed by atoms with van der Waals surface area (Å²) in [7, 11) is 5.60. The molecule has 1 fully saturated rings. The molecule has 1 saturated heterocycles. The van der Waals surface area contributed by atoms with Gasteiger partial charge in [0.25, 0.3) is 5.91 Å². The van der Waals surface area contributed by atoms with Crippen LogP contribution in [0.5, 0.6) is 0 Å². The van der Waals surface area contributed by atoms with Gasteiger partial charge in [-0.3, -0.25) is 14.4 Å². The van der Waals surface area contributed by atoms with E-state index in [1.165, 1.54) is 11.0 Å². The Morgan fingerprint density at radius 1 is 1.09 bits per heavy atom. The number of aromatic nitrogens is 6. The number of nitrogens with one attached hydrogen (secondary N) is 1. The number of anilines is 2. The summed E-state index contributed by atoms with van der Waals surface area (Å²) in [6.07, 6.45) is -1.39. The molecule has 1 aromatic carbocycles. The molecule has 5 heterocycles. The first-order chi connectivity index (χ1) is 20.5. The van der Waals surface area contributed by atoms with Gasteiger partial charge in [0.15, 0.2) is 5.82 Å². The Kier molecular flexibility index (Phi) is 7.42. The number of fused-ring (bicyclic) bond motifs is 1. The molecule has 0 bridgehead atoms. The van der Waals surface area contributed by atoms with Crippen LogP contribution in [0.25, 0.3) is 22.6 Å². The maximum atomic E-state index is 14.3. The molecule has 6 rings (SSSR count). The minimum Gasteiger partial charge on any atom is -0.376 e. The molecule has 0 radical (unpaired) electrons. The van der Waals surface area contributed by atoms with E-state index in [9.17, 15) is 18.0 Å². The van der Waals surface area contributed by atoms with Crippen LogP contribution in [0.4, 0.5) is 24.8 Å². The highest BCUT2D eigenvalue weighted by molar-refractivity contribution is 6.10. The number of ether oxygens (including phenoxy) is 1. The van der Waals surface area contributed by atoms with Crippen LogP contribution in [0.2, 0.25) is 0 Å². The van der Waals surface area contributed by atoms with Crippen molar-refractivity contribution in [2.24, 2.45) is 20.0 Å². The first-order valence-electron chi connectivity index (χ1n) is 14.0. The van der Waals surface area contributed by atoms with Crippen molar-refractivity contribution in [3.63, 3.8) is 0 Å². The number of carbonyl (C=O) groups excluding carboxylic acids is 1. The molecular formula is C29H32F3N9O2. The Hall–Kier alpha value is -4.30. The topological polar surface area (TPSA) is 106 Å². The third-order valence-electron chi connectivity index (χ3n) is 7.78. The fourth-order valence-corrected chi connectivity index (χ4v) is 5.80. The van der Waals surface area contributed by atoms with E-state index < -0.39 is 17.6 Å². The number of likely N-dealkylation sites (tertiary alicyclic amines) is 1. The Labute approximate surface area is 246 Å². The third kappa shape index (κ3) is 5.47. The molecule has 0 aliphatic carbocycles. The van der Waals surface area contributed by atoms with E-state index in [0.717, 1.165) is 19.2 Å². The van der Waals surface area contributed by atoms with Gasteiger partial charge in [-0.1, -0.05) is 0 Å². The average molecular weight is 596 g/mol. The number of hydrogen-bond donors (Lipinski definition) is 1. The zero-order chi connectivity index (χ0) is 30.5. The highest BCUT2D eigenvalue weighted by atomic mass is 19.4. The number of halogens is 3. The van der Waals surface area contributed by atoms with Gasteiger partial charge in [0.2, 0.25) is 0 Å². The van der Waals surface area contributed by atoms with Crippen LogP contribution < -0.4 is 10.2 Å². The van der Waals surface area contributed by atoms with Gasteiger partial charge in [-0.15, -0.1) is 10.2 Å². The molecule has 1 amide bonds. The molecule has 14 heteroatoms. The van der Waals surface area contributed by atoms with E-state index in [0.29, 0.717) is 53.1 Å². The largest absolute Gasteiger partial charge is 0.416 e. The zero-order valence-corrected chi connectivity index (χ0v) is 24.3. The monoisotopic (exact) mass is 595 g/mol. The lowest BCUT2D eigenvalue weighted by Gasteiger charge is -2.35. The fraction of sp³-hybridized carbons (Fsp3) is 0.414. The SMILES string of the molecule is CCNc1cc(-c2c(-c3nncn3C)cnn2C)cc(N2Cc3c(cc(COCC4CN(C)C4)cc3C(F)(F)F)C2=O)n1. The number of pyridine rings is 1. The first kappa shape index (κ1) is 28.8. The Morgan fingerprint density at radius 3 is 2.56 bits per heavy atom. The summed E-state index contributed by atoms with van der Waals surface area (Å²) in [6.45, 7) is 4.43. The smallest absolute Gasteiger partial charge is 0.376 e. The van der Waals surface area contributed by atoms with Crippen molar-refractivity contribution in [1.29, 1.82) is 0 Å². The van der Waals surface area contributed by atoms with Crippen molar-refractivity contribution >= 4 is 17.5 Å². The number of aryl methyl sites for hydroxylation is 2. The molecule has 0 saturated carbocycles. The number of amides is 1. The van der Waals surface area contributed by atoms with E-state index in [2.05, 4.69) is 30.5 Å². The normalized spacial score (nSPS) is 15.7. The average Bonchev–Trinajstić information content (AvgIpc) is 3.63. The molecular weight excluding hydrogens is 563 g/mol. The predicted octanol–water partition coefficient (Wildman–Crippen LogP) is 3.97. The van der Waals surface area contributed by atoms with Crippen molar-refractivity contribution in [2.45, 2.75) is 26.3 Å². The lowest BCUT2D eigenvalue weighted by molar-refractivity contribution is -0.138. The molecule has 226 valence electrons. The minimum absolute atomic E-state index is 0.00648. The number of nitrogens with zero attached hydrogens (tertiary/aromatic N) is 8. The Morgan fingerprint density at radius 2 is 1.88 bits per heavy atom. The number of alkyl halides is 3. The van der Waals surface area contributed by atoms with Crippen molar-refractivity contribution in [1.82, 2.24) is 34.4 Å². The van der Waals surface area contributed by atoms with E-state index in [1.807, 2.05) is 27.1 Å². The van der Waals surface area contributed by atoms with Crippen molar-refractivity contribution < 1.29 is 22.7 Å². The van der Waals surface area contributed by atoms with Gasteiger partial charge in [-0.05, 0) is 49.4 Å². The van der Waals surface area contributed by atoms with Crippen LogP contribution >= 0.6 is 0 Å². The lowest BCUT2D eigenvalue weighted by atomic mass is 9.99. The zero-order valence-electron chi connectivity index (χ0n) is 24.3. The quantitative estimate of drug-likeness (QED) is 0.310. The lowest BCUT2D eigenvalue weighted by Crippen LogP contribution is -2.45. The number of rotatable bonds is 9. The van der Waals surface area contributed by atoms with Crippen LogP contribution in [0.15, 0.2) is 36.8 Å². The van der Waals surface area contributed by atoms with E-state index in [1.54, 1.807) is 34.9 Å². The summed E-state index contributed by atoms with van der Waals surface area (Å²) in [5, 5.41) is 15.8. The maximum Gasteiger partial charge on any atom is 0.416 e. The van der Waals surface area contributed by atoms with Gasteiger partial charge in [0.05, 0.1) is 42.8 Å². The molecule has 2 aliphatic heterocycles. The maximum absolute atomic E-state index is 14.3. The van der Waals surface area contributed by atoms with Gasteiger partial charge < -0.3 is 19.5 Å². The second-order valence-electron chi connectivity index (χ2n) is 11.1. The van der Waals surface area contributed by atoms with Gasteiger partial charge >= 0.3 is 6.18 Å². The molecule has 0 unspecified atom stereocenters.